The van der Waals surface area contributed by atoms with Gasteiger partial charge in [-0.2, -0.15) is 0 Å². The highest BCUT2D eigenvalue weighted by molar-refractivity contribution is 7.99. The fourth-order valence-corrected chi connectivity index (χ4v) is 1.37. The van der Waals surface area contributed by atoms with Crippen molar-refractivity contribution in [3.63, 3.8) is 0 Å². The molecule has 5 heteroatoms. The molecule has 1 rings (SSSR count). The van der Waals surface area contributed by atoms with Crippen LogP contribution in [0.1, 0.15) is 5.89 Å². The first-order valence-electron chi connectivity index (χ1n) is 3.47. The zero-order chi connectivity index (χ0) is 8.81. The largest absolute Gasteiger partial charge is 0.416 e. The van der Waals surface area contributed by atoms with Gasteiger partial charge in [0.1, 0.15) is 0 Å². The molecule has 0 aromatic carbocycles. The molecule has 0 saturated carbocycles. The molecule has 0 amide bonds. The summed E-state index contributed by atoms with van der Waals surface area (Å²) in [5.74, 6) is 1.96. The normalized spacial score (nSPS) is 11.2. The first-order chi connectivity index (χ1) is 5.83. The molecule has 1 aromatic heterocycles. The van der Waals surface area contributed by atoms with Gasteiger partial charge < -0.3 is 4.42 Å². The van der Waals surface area contributed by atoms with Gasteiger partial charge >= 0.3 is 0 Å². The summed E-state index contributed by atoms with van der Waals surface area (Å²) in [4.78, 5) is 0. The van der Waals surface area contributed by atoms with Crippen LogP contribution in [0.2, 0.25) is 0 Å². The Bertz CT molecular complexity index is 262. The standard InChI is InChI=1S/C7H9ClN2OS/c1-6-9-10-7(11-6)12-5-3-2-4-8/h2-3H,4-5H2,1H3. The molecule has 0 aliphatic rings. The van der Waals surface area contributed by atoms with E-state index in [1.54, 1.807) is 6.92 Å². The minimum absolute atomic E-state index is 0.545. The van der Waals surface area contributed by atoms with E-state index in [0.717, 1.165) is 5.75 Å². The second kappa shape index (κ2) is 5.22. The van der Waals surface area contributed by atoms with Crippen LogP contribution in [-0.2, 0) is 0 Å². The Morgan fingerprint density at radius 3 is 2.92 bits per heavy atom. The summed E-state index contributed by atoms with van der Waals surface area (Å²) in [5.41, 5.74) is 0. The molecular formula is C7H9ClN2OS. The molecule has 1 aromatic rings. The lowest BCUT2D eigenvalue weighted by Crippen LogP contribution is -1.74. The third-order valence-corrected chi connectivity index (χ3v) is 2.02. The monoisotopic (exact) mass is 204 g/mol. The van der Waals surface area contributed by atoms with E-state index >= 15 is 0 Å². The predicted octanol–water partition coefficient (Wildman–Crippen LogP) is 2.27. The smallest absolute Gasteiger partial charge is 0.276 e. The summed E-state index contributed by atoms with van der Waals surface area (Å²) in [5, 5.41) is 8.12. The van der Waals surface area contributed by atoms with Crippen LogP contribution in [-0.4, -0.2) is 21.8 Å². The van der Waals surface area contributed by atoms with Crippen LogP contribution < -0.4 is 0 Å². The molecule has 0 fully saturated rings. The van der Waals surface area contributed by atoms with E-state index in [1.807, 2.05) is 12.2 Å². The molecule has 0 spiro atoms. The number of hydrogen-bond donors (Lipinski definition) is 0. The van der Waals surface area contributed by atoms with E-state index in [2.05, 4.69) is 10.2 Å². The summed E-state index contributed by atoms with van der Waals surface area (Å²) in [6.45, 7) is 1.77. The van der Waals surface area contributed by atoms with Crippen molar-refractivity contribution >= 4 is 23.4 Å². The molecule has 12 heavy (non-hydrogen) atoms. The van der Waals surface area contributed by atoms with Gasteiger partial charge in [0, 0.05) is 18.6 Å². The van der Waals surface area contributed by atoms with Gasteiger partial charge in [0.15, 0.2) is 0 Å². The van der Waals surface area contributed by atoms with Crippen molar-refractivity contribution in [3.8, 4) is 0 Å². The highest BCUT2D eigenvalue weighted by Gasteiger charge is 1.99. The van der Waals surface area contributed by atoms with Gasteiger partial charge in [-0.1, -0.05) is 23.9 Å². The van der Waals surface area contributed by atoms with Crippen molar-refractivity contribution in [2.45, 2.75) is 12.1 Å². The summed E-state index contributed by atoms with van der Waals surface area (Å²) in [7, 11) is 0. The first-order valence-corrected chi connectivity index (χ1v) is 4.99. The second-order valence-corrected chi connectivity index (χ2v) is 3.30. The predicted molar refractivity (Wildman–Crippen MR) is 49.6 cm³/mol. The number of allylic oxidation sites excluding steroid dienone is 1. The number of hydrogen-bond acceptors (Lipinski definition) is 4. The average Bonchev–Trinajstić information content (AvgIpc) is 2.45. The van der Waals surface area contributed by atoms with Crippen molar-refractivity contribution in [1.82, 2.24) is 10.2 Å². The van der Waals surface area contributed by atoms with Crippen LogP contribution in [0.3, 0.4) is 0 Å². The highest BCUT2D eigenvalue weighted by atomic mass is 35.5. The number of alkyl halides is 1. The van der Waals surface area contributed by atoms with E-state index in [4.69, 9.17) is 16.0 Å². The Morgan fingerprint density at radius 2 is 2.33 bits per heavy atom. The van der Waals surface area contributed by atoms with Gasteiger partial charge in [0.2, 0.25) is 5.89 Å². The lowest BCUT2D eigenvalue weighted by molar-refractivity contribution is 0.429. The first kappa shape index (κ1) is 9.61. The lowest BCUT2D eigenvalue weighted by atomic mass is 10.6. The van der Waals surface area contributed by atoms with Crippen molar-refractivity contribution in [2.75, 3.05) is 11.6 Å². The molecular weight excluding hydrogens is 196 g/mol. The van der Waals surface area contributed by atoms with Crippen LogP contribution in [0.4, 0.5) is 0 Å². The van der Waals surface area contributed by atoms with Crippen molar-refractivity contribution < 1.29 is 4.42 Å². The van der Waals surface area contributed by atoms with Gasteiger partial charge in [-0.05, 0) is 0 Å². The van der Waals surface area contributed by atoms with Gasteiger partial charge in [-0.15, -0.1) is 21.8 Å². The van der Waals surface area contributed by atoms with Crippen LogP contribution in [0.15, 0.2) is 21.8 Å². The molecule has 66 valence electrons. The van der Waals surface area contributed by atoms with Gasteiger partial charge in [0.25, 0.3) is 5.22 Å². The maximum Gasteiger partial charge on any atom is 0.276 e. The van der Waals surface area contributed by atoms with Crippen LogP contribution in [0, 0.1) is 6.92 Å². The van der Waals surface area contributed by atoms with Crippen LogP contribution >= 0.6 is 23.4 Å². The number of nitrogens with zero attached hydrogens (tertiary/aromatic N) is 2. The molecule has 0 unspecified atom stereocenters. The number of rotatable bonds is 4. The fourth-order valence-electron chi connectivity index (χ4n) is 0.587. The van der Waals surface area contributed by atoms with Gasteiger partial charge in [-0.25, -0.2) is 0 Å². The van der Waals surface area contributed by atoms with E-state index in [0.29, 0.717) is 17.0 Å². The number of aromatic nitrogens is 2. The summed E-state index contributed by atoms with van der Waals surface area (Å²) >= 11 is 6.94. The molecule has 0 aliphatic carbocycles. The molecule has 1 heterocycles. The lowest BCUT2D eigenvalue weighted by Gasteiger charge is -1.86. The maximum absolute atomic E-state index is 5.44. The molecule has 0 radical (unpaired) electrons. The molecule has 0 atom stereocenters. The van der Waals surface area contributed by atoms with E-state index in [-0.39, 0.29) is 0 Å². The third-order valence-electron chi connectivity index (χ3n) is 1.07. The Labute approximate surface area is 80.2 Å². The van der Waals surface area contributed by atoms with Crippen molar-refractivity contribution in [3.05, 3.63) is 18.0 Å². The number of aryl methyl sites for hydroxylation is 1. The molecule has 3 nitrogen and oxygen atoms in total. The minimum Gasteiger partial charge on any atom is -0.416 e. The zero-order valence-corrected chi connectivity index (χ0v) is 8.23. The summed E-state index contributed by atoms with van der Waals surface area (Å²) in [6, 6.07) is 0. The fraction of sp³-hybridized carbons (Fsp3) is 0.429. The van der Waals surface area contributed by atoms with Gasteiger partial charge in [0.05, 0.1) is 0 Å². The summed E-state index contributed by atoms with van der Waals surface area (Å²) < 4.78 is 5.14. The van der Waals surface area contributed by atoms with Crippen molar-refractivity contribution in [1.29, 1.82) is 0 Å². The Hall–Kier alpha value is -0.480. The van der Waals surface area contributed by atoms with E-state index in [1.165, 1.54) is 11.8 Å². The van der Waals surface area contributed by atoms with E-state index in [9.17, 15) is 0 Å². The Kier molecular flexibility index (Phi) is 4.18. The maximum atomic E-state index is 5.44. The minimum atomic E-state index is 0.545. The zero-order valence-electron chi connectivity index (χ0n) is 6.66. The SMILES string of the molecule is Cc1nnc(SCC=CCCl)o1. The average molecular weight is 205 g/mol. The number of thioether (sulfide) groups is 1. The Balaban J connectivity index is 2.28. The van der Waals surface area contributed by atoms with Crippen LogP contribution in [0.25, 0.3) is 0 Å². The van der Waals surface area contributed by atoms with Gasteiger partial charge in [-0.3, -0.25) is 0 Å². The van der Waals surface area contributed by atoms with Crippen LogP contribution in [0.5, 0.6) is 0 Å². The summed E-state index contributed by atoms with van der Waals surface area (Å²) in [6.07, 6.45) is 3.86. The topological polar surface area (TPSA) is 38.9 Å². The van der Waals surface area contributed by atoms with E-state index < -0.39 is 0 Å². The quantitative estimate of drug-likeness (QED) is 0.429. The third kappa shape index (κ3) is 3.28. The number of halogens is 1. The molecule has 0 bridgehead atoms. The molecule has 0 N–H and O–H groups in total. The molecule has 0 saturated heterocycles. The van der Waals surface area contributed by atoms with Crippen molar-refractivity contribution in [2.24, 2.45) is 0 Å². The highest BCUT2D eigenvalue weighted by Crippen LogP contribution is 2.15. The second-order valence-electron chi connectivity index (χ2n) is 2.02. The Morgan fingerprint density at radius 1 is 1.50 bits per heavy atom. The molecule has 0 aliphatic heterocycles.